The van der Waals surface area contributed by atoms with E-state index in [9.17, 15) is 9.59 Å². The first kappa shape index (κ1) is 13.7. The average molecular weight is 246 g/mol. The van der Waals surface area contributed by atoms with Crippen LogP contribution in [0.5, 0.6) is 0 Å². The lowest BCUT2D eigenvalue weighted by molar-refractivity contribution is -0.136. The second kappa shape index (κ2) is 7.08. The number of rotatable bonds is 5. The van der Waals surface area contributed by atoms with Gasteiger partial charge in [0.05, 0.1) is 19.3 Å². The van der Waals surface area contributed by atoms with E-state index in [2.05, 4.69) is 10.6 Å². The summed E-state index contributed by atoms with van der Waals surface area (Å²) in [6.07, 6.45) is -0.432. The maximum absolute atomic E-state index is 11.6. The second-order valence-electron chi connectivity index (χ2n) is 3.83. The molecule has 1 rings (SSSR count). The maximum atomic E-state index is 11.6. The molecule has 98 valence electrons. The summed E-state index contributed by atoms with van der Waals surface area (Å²) in [6, 6.07) is -0.226. The van der Waals surface area contributed by atoms with E-state index in [1.807, 2.05) is 0 Å². The molecule has 1 heterocycles. The molecule has 2 atom stereocenters. The van der Waals surface area contributed by atoms with Crippen molar-refractivity contribution in [2.24, 2.45) is 0 Å². The van der Waals surface area contributed by atoms with Gasteiger partial charge in [-0.25, -0.2) is 4.79 Å². The Hall–Kier alpha value is -1.34. The van der Waals surface area contributed by atoms with Crippen molar-refractivity contribution >= 4 is 12.0 Å². The number of hydrogen-bond donors (Lipinski definition) is 3. The van der Waals surface area contributed by atoms with Crippen LogP contribution in [0.25, 0.3) is 0 Å². The zero-order valence-corrected chi connectivity index (χ0v) is 9.77. The Labute approximate surface area is 99.5 Å². The fourth-order valence-electron chi connectivity index (χ4n) is 1.64. The first-order chi connectivity index (χ1) is 8.13. The predicted octanol–water partition coefficient (Wildman–Crippen LogP) is -0.436. The summed E-state index contributed by atoms with van der Waals surface area (Å²) >= 11 is 0. The van der Waals surface area contributed by atoms with E-state index in [0.29, 0.717) is 26.0 Å². The normalized spacial score (nSPS) is 24.1. The molecule has 1 aliphatic rings. The third-order valence-electron chi connectivity index (χ3n) is 2.50. The molecule has 0 spiro atoms. The Kier molecular flexibility index (Phi) is 5.71. The molecule has 0 saturated carbocycles. The summed E-state index contributed by atoms with van der Waals surface area (Å²) in [5, 5.41) is 13.5. The number of carbonyl (C=O) groups excluding carboxylic acids is 1. The molecule has 0 unspecified atom stereocenters. The molecule has 1 fully saturated rings. The minimum Gasteiger partial charge on any atom is -0.465 e. The predicted molar refractivity (Wildman–Crippen MR) is 58.8 cm³/mol. The van der Waals surface area contributed by atoms with Crippen LogP contribution in [0.15, 0.2) is 0 Å². The number of nitrogens with one attached hydrogen (secondary N) is 2. The van der Waals surface area contributed by atoms with E-state index in [1.54, 1.807) is 7.11 Å². The van der Waals surface area contributed by atoms with E-state index in [0.717, 1.165) is 0 Å². The van der Waals surface area contributed by atoms with Crippen molar-refractivity contribution < 1.29 is 24.2 Å². The lowest BCUT2D eigenvalue weighted by Gasteiger charge is -2.28. The van der Waals surface area contributed by atoms with E-state index in [4.69, 9.17) is 14.6 Å². The van der Waals surface area contributed by atoms with Crippen molar-refractivity contribution in [2.75, 3.05) is 26.9 Å². The van der Waals surface area contributed by atoms with Crippen LogP contribution in [0.4, 0.5) is 4.79 Å². The highest BCUT2D eigenvalue weighted by Crippen LogP contribution is 2.13. The average Bonchev–Trinajstić information content (AvgIpc) is 2.29. The lowest BCUT2D eigenvalue weighted by Crippen LogP contribution is -2.47. The van der Waals surface area contributed by atoms with Crippen LogP contribution in [-0.4, -0.2) is 56.1 Å². The monoisotopic (exact) mass is 246 g/mol. The van der Waals surface area contributed by atoms with Gasteiger partial charge in [-0.2, -0.15) is 0 Å². The number of methoxy groups -OCH3 is 1. The molecule has 1 saturated heterocycles. The SMILES string of the molecule is COCCNC(=O)[C@@H]1CC[C@@H](NC(=O)O)CO1. The highest BCUT2D eigenvalue weighted by molar-refractivity contribution is 5.80. The third kappa shape index (κ3) is 5.01. The lowest BCUT2D eigenvalue weighted by atomic mass is 10.0. The van der Waals surface area contributed by atoms with Crippen molar-refractivity contribution in [3.05, 3.63) is 0 Å². The largest absolute Gasteiger partial charge is 0.465 e. The van der Waals surface area contributed by atoms with Crippen LogP contribution in [0, 0.1) is 0 Å². The Morgan fingerprint density at radius 2 is 2.24 bits per heavy atom. The van der Waals surface area contributed by atoms with Gasteiger partial charge < -0.3 is 25.2 Å². The molecule has 1 aliphatic heterocycles. The maximum Gasteiger partial charge on any atom is 0.404 e. The molecule has 0 radical (unpaired) electrons. The van der Waals surface area contributed by atoms with Gasteiger partial charge in [0.2, 0.25) is 5.91 Å². The molecule has 0 aromatic rings. The van der Waals surface area contributed by atoms with Crippen molar-refractivity contribution in [1.29, 1.82) is 0 Å². The van der Waals surface area contributed by atoms with Gasteiger partial charge >= 0.3 is 6.09 Å². The van der Waals surface area contributed by atoms with Crippen LogP contribution < -0.4 is 10.6 Å². The molecule has 2 amide bonds. The molecule has 3 N–H and O–H groups in total. The number of ether oxygens (including phenoxy) is 2. The molecule has 0 aromatic carbocycles. The zero-order valence-electron chi connectivity index (χ0n) is 9.77. The first-order valence-electron chi connectivity index (χ1n) is 5.51. The molecule has 7 nitrogen and oxygen atoms in total. The van der Waals surface area contributed by atoms with Crippen LogP contribution in [-0.2, 0) is 14.3 Å². The summed E-state index contributed by atoms with van der Waals surface area (Å²) in [5.74, 6) is -0.171. The summed E-state index contributed by atoms with van der Waals surface area (Å²) in [4.78, 5) is 22.0. The molecule has 0 aromatic heterocycles. The van der Waals surface area contributed by atoms with Gasteiger partial charge in [0.1, 0.15) is 6.10 Å². The fraction of sp³-hybridized carbons (Fsp3) is 0.800. The van der Waals surface area contributed by atoms with Crippen molar-refractivity contribution in [3.8, 4) is 0 Å². The van der Waals surface area contributed by atoms with Gasteiger partial charge in [0.25, 0.3) is 0 Å². The Bertz CT molecular complexity index is 263. The van der Waals surface area contributed by atoms with Crippen molar-refractivity contribution in [1.82, 2.24) is 10.6 Å². The van der Waals surface area contributed by atoms with Crippen molar-refractivity contribution in [3.63, 3.8) is 0 Å². The van der Waals surface area contributed by atoms with Crippen LogP contribution in [0.1, 0.15) is 12.8 Å². The molecule has 17 heavy (non-hydrogen) atoms. The zero-order chi connectivity index (χ0) is 12.7. The van der Waals surface area contributed by atoms with E-state index in [-0.39, 0.29) is 18.6 Å². The Morgan fingerprint density at radius 3 is 2.76 bits per heavy atom. The molecule has 0 aliphatic carbocycles. The summed E-state index contributed by atoms with van der Waals surface area (Å²) in [6.45, 7) is 1.14. The summed E-state index contributed by atoms with van der Waals surface area (Å²) < 4.78 is 10.1. The number of hydrogen-bond acceptors (Lipinski definition) is 4. The first-order valence-corrected chi connectivity index (χ1v) is 5.51. The van der Waals surface area contributed by atoms with E-state index in [1.165, 1.54) is 0 Å². The van der Waals surface area contributed by atoms with Crippen LogP contribution >= 0.6 is 0 Å². The van der Waals surface area contributed by atoms with E-state index < -0.39 is 12.2 Å². The van der Waals surface area contributed by atoms with Crippen molar-refractivity contribution in [2.45, 2.75) is 25.0 Å². The van der Waals surface area contributed by atoms with Gasteiger partial charge in [0, 0.05) is 13.7 Å². The Balaban J connectivity index is 2.21. The van der Waals surface area contributed by atoms with Crippen LogP contribution in [0.2, 0.25) is 0 Å². The molecular formula is C10H18N2O5. The van der Waals surface area contributed by atoms with Gasteiger partial charge in [0.15, 0.2) is 0 Å². The van der Waals surface area contributed by atoms with Gasteiger partial charge in [-0.05, 0) is 12.8 Å². The molecule has 7 heteroatoms. The van der Waals surface area contributed by atoms with Crippen LogP contribution in [0.3, 0.4) is 0 Å². The van der Waals surface area contributed by atoms with Gasteiger partial charge in [-0.3, -0.25) is 4.79 Å². The topological polar surface area (TPSA) is 96.9 Å². The van der Waals surface area contributed by atoms with E-state index >= 15 is 0 Å². The van der Waals surface area contributed by atoms with Gasteiger partial charge in [-0.1, -0.05) is 0 Å². The smallest absolute Gasteiger partial charge is 0.404 e. The second-order valence-corrected chi connectivity index (χ2v) is 3.83. The fourth-order valence-corrected chi connectivity index (χ4v) is 1.64. The number of carbonyl (C=O) groups is 2. The Morgan fingerprint density at radius 1 is 1.47 bits per heavy atom. The molecular weight excluding hydrogens is 228 g/mol. The number of amides is 2. The summed E-state index contributed by atoms with van der Waals surface area (Å²) in [7, 11) is 1.56. The highest BCUT2D eigenvalue weighted by atomic mass is 16.5. The third-order valence-corrected chi connectivity index (χ3v) is 2.50. The quantitative estimate of drug-likeness (QED) is 0.572. The minimum atomic E-state index is -1.07. The minimum absolute atomic E-state index is 0.171. The highest BCUT2D eigenvalue weighted by Gasteiger charge is 2.27. The molecule has 0 bridgehead atoms. The number of carboxylic acid groups (broad SMARTS) is 1. The summed E-state index contributed by atoms with van der Waals surface area (Å²) in [5.41, 5.74) is 0. The van der Waals surface area contributed by atoms with Gasteiger partial charge in [-0.15, -0.1) is 0 Å². The standard InChI is InChI=1S/C10H18N2O5/c1-16-5-4-11-9(13)8-3-2-7(6-17-8)12-10(14)15/h7-8,12H,2-6H2,1H3,(H,11,13)(H,14,15)/t7-,8+/m1/s1.